The van der Waals surface area contributed by atoms with Crippen LogP contribution in [0.4, 0.5) is 18.8 Å². The van der Waals surface area contributed by atoms with E-state index in [0.717, 1.165) is 0 Å². The zero-order valence-corrected chi connectivity index (χ0v) is 8.47. The van der Waals surface area contributed by atoms with E-state index in [2.05, 4.69) is 18.4 Å². The maximum Gasteiger partial charge on any atom is 0.00691 e. The molecule has 0 atom stereocenters. The molecule has 0 saturated carbocycles. The second kappa shape index (κ2) is 17.6. The summed E-state index contributed by atoms with van der Waals surface area (Å²) in [5, 5.41) is 0. The zero-order chi connectivity index (χ0) is 5.82. The highest BCUT2D eigenvalue weighted by Gasteiger charge is 1.80. The molecule has 0 amide bonds. The number of thioether (sulfide) groups is 1. The van der Waals surface area contributed by atoms with Crippen LogP contribution in [0.2, 0.25) is 0 Å². The van der Waals surface area contributed by atoms with Gasteiger partial charge in [0.15, 0.2) is 0 Å². The Hall–Kier alpha value is -0.420. The highest BCUT2D eigenvalue weighted by Crippen LogP contribution is 2.11. The summed E-state index contributed by atoms with van der Waals surface area (Å²) < 4.78 is 0. The van der Waals surface area contributed by atoms with Gasteiger partial charge < -0.3 is 0 Å². The standard InChI is InChI=1S/C7H8S.ClH.4FH/c1-8-7-5-3-2-4-6-7;;;;;/h2-6H,1H3;5*1H. The lowest BCUT2D eigenvalue weighted by molar-refractivity contribution is 1.11. The van der Waals surface area contributed by atoms with Gasteiger partial charge in [0, 0.05) is 4.90 Å². The van der Waals surface area contributed by atoms with Crippen molar-refractivity contribution >= 4 is 24.2 Å². The SMILES string of the molecule is CSc1ccccc1.Cl.F.F.F.F. The molecule has 0 aliphatic rings. The summed E-state index contributed by atoms with van der Waals surface area (Å²) in [5.74, 6) is 0. The average molecular weight is 241 g/mol. The minimum atomic E-state index is 0. The fourth-order valence-corrected chi connectivity index (χ4v) is 0.986. The molecule has 0 bridgehead atoms. The van der Waals surface area contributed by atoms with Gasteiger partial charge in [-0.2, -0.15) is 0 Å². The summed E-state index contributed by atoms with van der Waals surface area (Å²) in [7, 11) is 0. The second-order valence-corrected chi connectivity index (χ2v) is 2.40. The van der Waals surface area contributed by atoms with Crippen molar-refractivity contribution in [2.45, 2.75) is 4.90 Å². The van der Waals surface area contributed by atoms with E-state index in [9.17, 15) is 0 Å². The predicted molar refractivity (Wildman–Crippen MR) is 55.5 cm³/mol. The highest BCUT2D eigenvalue weighted by atomic mass is 35.5. The second-order valence-electron chi connectivity index (χ2n) is 1.52. The van der Waals surface area contributed by atoms with E-state index >= 15 is 0 Å². The van der Waals surface area contributed by atoms with Crippen molar-refractivity contribution in [2.24, 2.45) is 0 Å². The maximum absolute atomic E-state index is 2.10. The van der Waals surface area contributed by atoms with E-state index in [1.165, 1.54) is 4.90 Å². The average Bonchev–Trinajstić information content (AvgIpc) is 1.90. The summed E-state index contributed by atoms with van der Waals surface area (Å²) >= 11 is 1.77. The van der Waals surface area contributed by atoms with Gasteiger partial charge in [0.1, 0.15) is 0 Å². The fraction of sp³-hybridized carbons (Fsp3) is 0.143. The van der Waals surface area contributed by atoms with Crippen LogP contribution in [-0.4, -0.2) is 6.26 Å². The first-order chi connectivity index (χ1) is 3.93. The first kappa shape index (κ1) is 29.4. The van der Waals surface area contributed by atoms with Gasteiger partial charge in [0.2, 0.25) is 0 Å². The van der Waals surface area contributed by atoms with Crippen molar-refractivity contribution < 1.29 is 18.8 Å². The topological polar surface area (TPSA) is 0 Å². The molecule has 1 aromatic carbocycles. The third-order valence-corrected chi connectivity index (χ3v) is 1.72. The minimum absolute atomic E-state index is 0. The van der Waals surface area contributed by atoms with Crippen molar-refractivity contribution in [3.8, 4) is 0 Å². The van der Waals surface area contributed by atoms with E-state index in [1.54, 1.807) is 11.8 Å². The lowest BCUT2D eigenvalue weighted by atomic mass is 10.4. The van der Waals surface area contributed by atoms with E-state index in [0.29, 0.717) is 0 Å². The third-order valence-electron chi connectivity index (χ3n) is 0.979. The van der Waals surface area contributed by atoms with Crippen molar-refractivity contribution in [1.29, 1.82) is 0 Å². The Kier molecular flexibility index (Phi) is 39.8. The Labute approximate surface area is 85.0 Å². The van der Waals surface area contributed by atoms with Gasteiger partial charge in [-0.15, -0.1) is 24.2 Å². The van der Waals surface area contributed by atoms with Crippen LogP contribution in [0.5, 0.6) is 0 Å². The zero-order valence-electron chi connectivity index (χ0n) is 6.84. The molecule has 0 saturated heterocycles. The number of hydrogen-bond acceptors (Lipinski definition) is 1. The number of hydrogen-bond donors (Lipinski definition) is 0. The molecule has 1 aromatic rings. The van der Waals surface area contributed by atoms with E-state index in [1.807, 2.05) is 18.2 Å². The molecule has 0 aliphatic carbocycles. The van der Waals surface area contributed by atoms with Crippen LogP contribution in [0.25, 0.3) is 0 Å². The Morgan fingerprint density at radius 3 is 1.46 bits per heavy atom. The Balaban J connectivity index is -0.0000000427. The maximum atomic E-state index is 2.10. The van der Waals surface area contributed by atoms with Gasteiger partial charge in [-0.3, -0.25) is 18.8 Å². The summed E-state index contributed by atoms with van der Waals surface area (Å²) in [6, 6.07) is 10.3. The molecule has 0 heterocycles. The summed E-state index contributed by atoms with van der Waals surface area (Å²) in [6.07, 6.45) is 2.08. The Bertz CT molecular complexity index is 162. The number of benzene rings is 1. The smallest absolute Gasteiger partial charge is 0.00691 e. The summed E-state index contributed by atoms with van der Waals surface area (Å²) in [5.41, 5.74) is 0. The van der Waals surface area contributed by atoms with Crippen LogP contribution < -0.4 is 0 Å². The van der Waals surface area contributed by atoms with Gasteiger partial charge in [-0.1, -0.05) is 18.2 Å². The molecule has 0 aliphatic heterocycles. The number of rotatable bonds is 1. The lowest BCUT2D eigenvalue weighted by Crippen LogP contribution is -1.62. The van der Waals surface area contributed by atoms with Crippen LogP contribution >= 0.6 is 24.2 Å². The summed E-state index contributed by atoms with van der Waals surface area (Å²) in [4.78, 5) is 1.33. The van der Waals surface area contributed by atoms with Crippen LogP contribution in [0.1, 0.15) is 0 Å². The number of halogens is 5. The van der Waals surface area contributed by atoms with Crippen molar-refractivity contribution in [3.05, 3.63) is 30.3 Å². The molecule has 82 valence electrons. The Morgan fingerprint density at radius 2 is 1.23 bits per heavy atom. The summed E-state index contributed by atoms with van der Waals surface area (Å²) in [6.45, 7) is 0. The van der Waals surface area contributed by atoms with E-state index in [4.69, 9.17) is 0 Å². The van der Waals surface area contributed by atoms with Crippen molar-refractivity contribution in [2.75, 3.05) is 6.26 Å². The van der Waals surface area contributed by atoms with Gasteiger partial charge >= 0.3 is 0 Å². The van der Waals surface area contributed by atoms with Crippen molar-refractivity contribution in [1.82, 2.24) is 0 Å². The molecule has 0 N–H and O–H groups in total. The molecule has 13 heavy (non-hydrogen) atoms. The Morgan fingerprint density at radius 1 is 0.846 bits per heavy atom. The molecule has 0 nitrogen and oxygen atoms in total. The van der Waals surface area contributed by atoms with Crippen molar-refractivity contribution in [3.63, 3.8) is 0 Å². The lowest BCUT2D eigenvalue weighted by Gasteiger charge is -1.89. The largest absolute Gasteiger partial charge is 0.269 e. The first-order valence-corrected chi connectivity index (χ1v) is 3.75. The quantitative estimate of drug-likeness (QED) is 0.535. The monoisotopic (exact) mass is 240 g/mol. The molecule has 0 spiro atoms. The molecule has 0 aromatic heterocycles. The van der Waals surface area contributed by atoms with Gasteiger partial charge in [-0.05, 0) is 18.4 Å². The van der Waals surface area contributed by atoms with Gasteiger partial charge in [0.25, 0.3) is 0 Å². The fourth-order valence-electron chi connectivity index (χ4n) is 0.557. The van der Waals surface area contributed by atoms with Crippen LogP contribution in [0.3, 0.4) is 0 Å². The van der Waals surface area contributed by atoms with Crippen LogP contribution in [0.15, 0.2) is 35.2 Å². The highest BCUT2D eigenvalue weighted by molar-refractivity contribution is 7.98. The molecule has 0 radical (unpaired) electrons. The first-order valence-electron chi connectivity index (χ1n) is 2.52. The molecular weight excluding hydrogens is 228 g/mol. The molecular formula is C7H13ClF4S. The molecule has 0 unspecified atom stereocenters. The van der Waals surface area contributed by atoms with Crippen LogP contribution in [0, 0.1) is 0 Å². The van der Waals surface area contributed by atoms with E-state index < -0.39 is 0 Å². The predicted octanol–water partition coefficient (Wildman–Crippen LogP) is 3.44. The van der Waals surface area contributed by atoms with E-state index in [-0.39, 0.29) is 31.2 Å². The van der Waals surface area contributed by atoms with Gasteiger partial charge in [0.05, 0.1) is 0 Å². The molecule has 6 heteroatoms. The van der Waals surface area contributed by atoms with Crippen LogP contribution in [-0.2, 0) is 0 Å². The normalized spacial score (nSPS) is 5.62. The minimum Gasteiger partial charge on any atom is -0.269 e. The molecule has 1 rings (SSSR count). The molecule has 0 fully saturated rings. The third kappa shape index (κ3) is 11.6. The van der Waals surface area contributed by atoms with Gasteiger partial charge in [-0.25, -0.2) is 0 Å².